The summed E-state index contributed by atoms with van der Waals surface area (Å²) in [7, 11) is 0. The predicted octanol–water partition coefficient (Wildman–Crippen LogP) is 1.23. The molecule has 0 aliphatic rings. The highest BCUT2D eigenvalue weighted by Gasteiger charge is 2.06. The van der Waals surface area contributed by atoms with Gasteiger partial charge in [0, 0.05) is 25.3 Å². The first-order valence-electron chi connectivity index (χ1n) is 6.37. The van der Waals surface area contributed by atoms with Gasteiger partial charge in [-0.05, 0) is 23.8 Å². The summed E-state index contributed by atoms with van der Waals surface area (Å²) in [5.41, 5.74) is 0. The van der Waals surface area contributed by atoms with Crippen molar-refractivity contribution < 1.29 is 4.79 Å². The molecule has 0 saturated heterocycles. The van der Waals surface area contributed by atoms with Gasteiger partial charge in [0.1, 0.15) is 0 Å². The fourth-order valence-corrected chi connectivity index (χ4v) is 2.29. The molecule has 102 valence electrons. The fraction of sp³-hybridized carbons (Fsp3) is 0.818. The molecule has 0 radical (unpaired) electrons. The number of nitrogens with one attached hydrogen (secondary N) is 1. The monoisotopic (exact) mass is 271 g/mol. The molecule has 18 heavy (non-hydrogen) atoms. The molecule has 0 aliphatic heterocycles. The standard InChI is InChI=1S/C11H21N5OS/c1-3-5-7-16-10(13-14-15-16)9-18-8-6-11(17)12-4-2/h3-9H2,1-2H3,(H,12,17). The van der Waals surface area contributed by atoms with Gasteiger partial charge in [-0.3, -0.25) is 4.79 Å². The van der Waals surface area contributed by atoms with Crippen molar-refractivity contribution in [2.75, 3.05) is 12.3 Å². The van der Waals surface area contributed by atoms with E-state index in [1.807, 2.05) is 11.6 Å². The minimum Gasteiger partial charge on any atom is -0.356 e. The number of nitrogens with zero attached hydrogens (tertiary/aromatic N) is 4. The molecule has 6 nitrogen and oxygen atoms in total. The molecule has 7 heteroatoms. The van der Waals surface area contributed by atoms with Gasteiger partial charge in [-0.1, -0.05) is 13.3 Å². The minimum atomic E-state index is 0.107. The molecule has 1 rings (SSSR count). The smallest absolute Gasteiger partial charge is 0.220 e. The first-order valence-corrected chi connectivity index (χ1v) is 7.52. The molecule has 0 spiro atoms. The lowest BCUT2D eigenvalue weighted by Crippen LogP contribution is -2.22. The number of amides is 1. The molecule has 1 aromatic rings. The second-order valence-corrected chi connectivity index (χ2v) is 5.03. The third-order valence-electron chi connectivity index (χ3n) is 2.41. The summed E-state index contributed by atoms with van der Waals surface area (Å²) in [6.07, 6.45) is 2.76. The number of hydrogen-bond donors (Lipinski definition) is 1. The van der Waals surface area contributed by atoms with E-state index in [9.17, 15) is 4.79 Å². The maximum atomic E-state index is 11.2. The summed E-state index contributed by atoms with van der Waals surface area (Å²) < 4.78 is 1.85. The van der Waals surface area contributed by atoms with Gasteiger partial charge in [0.2, 0.25) is 5.91 Å². The Bertz CT molecular complexity index is 355. The zero-order valence-corrected chi connectivity index (χ0v) is 11.9. The van der Waals surface area contributed by atoms with E-state index in [0.29, 0.717) is 13.0 Å². The van der Waals surface area contributed by atoms with Crippen molar-refractivity contribution >= 4 is 17.7 Å². The molecule has 1 aromatic heterocycles. The number of carbonyl (C=O) groups excluding carboxylic acids is 1. The lowest BCUT2D eigenvalue weighted by atomic mass is 10.3. The van der Waals surface area contributed by atoms with Gasteiger partial charge < -0.3 is 5.32 Å². The quantitative estimate of drug-likeness (QED) is 0.684. The minimum absolute atomic E-state index is 0.107. The van der Waals surface area contributed by atoms with E-state index >= 15 is 0 Å². The Morgan fingerprint density at radius 1 is 1.44 bits per heavy atom. The largest absolute Gasteiger partial charge is 0.356 e. The van der Waals surface area contributed by atoms with Gasteiger partial charge in [-0.25, -0.2) is 4.68 Å². The Morgan fingerprint density at radius 3 is 3.00 bits per heavy atom. The zero-order valence-electron chi connectivity index (χ0n) is 11.1. The summed E-state index contributed by atoms with van der Waals surface area (Å²) in [5, 5.41) is 14.4. The number of rotatable bonds is 9. The van der Waals surface area contributed by atoms with Crippen LogP contribution in [-0.4, -0.2) is 38.4 Å². The highest BCUT2D eigenvalue weighted by atomic mass is 32.2. The van der Waals surface area contributed by atoms with E-state index in [0.717, 1.165) is 36.7 Å². The van der Waals surface area contributed by atoms with Gasteiger partial charge in [0.15, 0.2) is 5.82 Å². The number of carbonyl (C=O) groups is 1. The first-order chi connectivity index (χ1) is 8.77. The normalized spacial score (nSPS) is 10.6. The number of hydrogen-bond acceptors (Lipinski definition) is 5. The number of tetrazole rings is 1. The second-order valence-electron chi connectivity index (χ2n) is 3.93. The summed E-state index contributed by atoms with van der Waals surface area (Å²) >= 11 is 1.69. The van der Waals surface area contributed by atoms with Crippen LogP contribution in [0.3, 0.4) is 0 Å². The van der Waals surface area contributed by atoms with Crippen LogP contribution >= 0.6 is 11.8 Å². The van der Waals surface area contributed by atoms with Gasteiger partial charge in [0.05, 0.1) is 5.75 Å². The van der Waals surface area contributed by atoms with E-state index in [1.165, 1.54) is 0 Å². The molecule has 0 saturated carbocycles. The molecule has 0 aliphatic carbocycles. The average Bonchev–Trinajstić information content (AvgIpc) is 2.80. The lowest BCUT2D eigenvalue weighted by Gasteiger charge is -2.04. The number of unbranched alkanes of at least 4 members (excludes halogenated alkanes) is 1. The summed E-state index contributed by atoms with van der Waals surface area (Å²) in [4.78, 5) is 11.2. The van der Waals surface area contributed by atoms with Crippen LogP contribution in [0.15, 0.2) is 0 Å². The van der Waals surface area contributed by atoms with E-state index in [2.05, 4.69) is 27.8 Å². The van der Waals surface area contributed by atoms with Crippen molar-refractivity contribution in [1.29, 1.82) is 0 Å². The maximum Gasteiger partial charge on any atom is 0.220 e. The van der Waals surface area contributed by atoms with Gasteiger partial charge in [0.25, 0.3) is 0 Å². The van der Waals surface area contributed by atoms with Crippen LogP contribution in [-0.2, 0) is 17.1 Å². The molecular weight excluding hydrogens is 250 g/mol. The van der Waals surface area contributed by atoms with Crippen LogP contribution in [0.2, 0.25) is 0 Å². The molecule has 0 aromatic carbocycles. The maximum absolute atomic E-state index is 11.2. The van der Waals surface area contributed by atoms with Crippen molar-refractivity contribution in [2.24, 2.45) is 0 Å². The van der Waals surface area contributed by atoms with Crippen LogP contribution in [0.1, 0.15) is 38.9 Å². The number of aryl methyl sites for hydroxylation is 1. The Balaban J connectivity index is 2.22. The molecule has 0 atom stereocenters. The Kier molecular flexibility index (Phi) is 7.40. The highest BCUT2D eigenvalue weighted by Crippen LogP contribution is 2.10. The second kappa shape index (κ2) is 8.91. The van der Waals surface area contributed by atoms with Crippen molar-refractivity contribution in [3.8, 4) is 0 Å². The lowest BCUT2D eigenvalue weighted by molar-refractivity contribution is -0.120. The fourth-order valence-electron chi connectivity index (χ4n) is 1.42. The third-order valence-corrected chi connectivity index (χ3v) is 3.36. The molecule has 0 fully saturated rings. The molecule has 0 unspecified atom stereocenters. The Morgan fingerprint density at radius 2 is 2.28 bits per heavy atom. The molecule has 1 N–H and O–H groups in total. The first kappa shape index (κ1) is 14.9. The van der Waals surface area contributed by atoms with Crippen molar-refractivity contribution in [2.45, 2.75) is 45.4 Å². The Labute approximate surface area is 112 Å². The van der Waals surface area contributed by atoms with E-state index < -0.39 is 0 Å². The molecular formula is C11H21N5OS. The topological polar surface area (TPSA) is 72.7 Å². The van der Waals surface area contributed by atoms with E-state index in [1.54, 1.807) is 11.8 Å². The molecule has 1 heterocycles. The third kappa shape index (κ3) is 5.48. The summed E-state index contributed by atoms with van der Waals surface area (Å²) in [6, 6.07) is 0. The van der Waals surface area contributed by atoms with Gasteiger partial charge in [-0.15, -0.1) is 5.10 Å². The van der Waals surface area contributed by atoms with Crippen molar-refractivity contribution in [1.82, 2.24) is 25.5 Å². The predicted molar refractivity (Wildman–Crippen MR) is 72.2 cm³/mol. The zero-order chi connectivity index (χ0) is 13.2. The van der Waals surface area contributed by atoms with Crippen LogP contribution in [0, 0.1) is 0 Å². The van der Waals surface area contributed by atoms with Gasteiger partial charge in [-0.2, -0.15) is 11.8 Å². The number of aromatic nitrogens is 4. The SMILES string of the molecule is CCCCn1nnnc1CSCCC(=O)NCC. The summed E-state index contributed by atoms with van der Waals surface area (Å²) in [5.74, 6) is 2.56. The van der Waals surface area contributed by atoms with Crippen LogP contribution < -0.4 is 5.32 Å². The average molecular weight is 271 g/mol. The van der Waals surface area contributed by atoms with Gasteiger partial charge >= 0.3 is 0 Å². The van der Waals surface area contributed by atoms with Crippen molar-refractivity contribution in [3.05, 3.63) is 5.82 Å². The highest BCUT2D eigenvalue weighted by molar-refractivity contribution is 7.98. The number of thioether (sulfide) groups is 1. The van der Waals surface area contributed by atoms with Crippen LogP contribution in [0.25, 0.3) is 0 Å². The van der Waals surface area contributed by atoms with E-state index in [4.69, 9.17) is 0 Å². The summed E-state index contributed by atoms with van der Waals surface area (Å²) in [6.45, 7) is 5.63. The van der Waals surface area contributed by atoms with Crippen LogP contribution in [0.5, 0.6) is 0 Å². The van der Waals surface area contributed by atoms with E-state index in [-0.39, 0.29) is 5.91 Å². The van der Waals surface area contributed by atoms with Crippen LogP contribution in [0.4, 0.5) is 0 Å². The Hall–Kier alpha value is -1.11. The molecule has 1 amide bonds. The van der Waals surface area contributed by atoms with Crippen molar-refractivity contribution in [3.63, 3.8) is 0 Å². The molecule has 0 bridgehead atoms.